The van der Waals surface area contributed by atoms with Crippen molar-refractivity contribution in [1.82, 2.24) is 25.8 Å². The first-order valence-electron chi connectivity index (χ1n) is 8.44. The SMILES string of the molecule is C=C1CCNCC1NC(=O)c1cc(-c2ccc(O)cc2)nc2[nH]ncc12. The minimum atomic E-state index is -0.186. The van der Waals surface area contributed by atoms with Gasteiger partial charge in [0.25, 0.3) is 5.91 Å². The highest BCUT2D eigenvalue weighted by Gasteiger charge is 2.22. The maximum atomic E-state index is 12.9. The van der Waals surface area contributed by atoms with E-state index in [4.69, 9.17) is 0 Å². The van der Waals surface area contributed by atoms with Crippen molar-refractivity contribution in [3.05, 3.63) is 54.2 Å². The van der Waals surface area contributed by atoms with Crippen molar-refractivity contribution in [1.29, 1.82) is 0 Å². The van der Waals surface area contributed by atoms with Crippen LogP contribution in [0.2, 0.25) is 0 Å². The lowest BCUT2D eigenvalue weighted by Crippen LogP contribution is -2.47. The number of carbonyl (C=O) groups excluding carboxylic acids is 1. The number of nitrogens with one attached hydrogen (secondary N) is 3. The fraction of sp³-hybridized carbons (Fsp3) is 0.211. The number of amides is 1. The molecule has 0 bridgehead atoms. The average Bonchev–Trinajstić information content (AvgIpc) is 3.12. The molecule has 1 unspecified atom stereocenters. The molecule has 7 nitrogen and oxygen atoms in total. The number of hydrogen-bond donors (Lipinski definition) is 4. The number of hydrogen-bond acceptors (Lipinski definition) is 5. The molecule has 1 fully saturated rings. The van der Waals surface area contributed by atoms with Crippen molar-refractivity contribution in [3.8, 4) is 17.0 Å². The molecule has 7 heteroatoms. The molecule has 0 radical (unpaired) electrons. The Balaban J connectivity index is 1.71. The average molecular weight is 349 g/mol. The first kappa shape index (κ1) is 16.3. The molecular formula is C19H19N5O2. The molecule has 0 saturated carbocycles. The van der Waals surface area contributed by atoms with Gasteiger partial charge in [-0.25, -0.2) is 4.98 Å². The largest absolute Gasteiger partial charge is 0.508 e. The zero-order valence-corrected chi connectivity index (χ0v) is 14.1. The van der Waals surface area contributed by atoms with Gasteiger partial charge in [0, 0.05) is 12.1 Å². The number of rotatable bonds is 3. The lowest BCUT2D eigenvalue weighted by atomic mass is 10.0. The summed E-state index contributed by atoms with van der Waals surface area (Å²) in [6, 6.07) is 8.35. The maximum absolute atomic E-state index is 12.9. The van der Waals surface area contributed by atoms with E-state index in [0.29, 0.717) is 28.8 Å². The fourth-order valence-electron chi connectivity index (χ4n) is 3.10. The molecule has 26 heavy (non-hydrogen) atoms. The first-order valence-corrected chi connectivity index (χ1v) is 8.44. The van der Waals surface area contributed by atoms with E-state index in [-0.39, 0.29) is 17.7 Å². The zero-order chi connectivity index (χ0) is 18.1. The molecule has 1 saturated heterocycles. The number of aromatic amines is 1. The number of fused-ring (bicyclic) bond motifs is 1. The number of phenolic OH excluding ortho intramolecular Hbond substituents is 1. The summed E-state index contributed by atoms with van der Waals surface area (Å²) in [5.74, 6) is -0.00803. The van der Waals surface area contributed by atoms with Crippen LogP contribution in [-0.2, 0) is 0 Å². The summed E-state index contributed by atoms with van der Waals surface area (Å²) in [6.45, 7) is 5.62. The number of carbonyl (C=O) groups is 1. The molecule has 1 aliphatic rings. The van der Waals surface area contributed by atoms with Crippen LogP contribution in [0.5, 0.6) is 5.75 Å². The third-order valence-corrected chi connectivity index (χ3v) is 4.60. The van der Waals surface area contributed by atoms with Crippen molar-refractivity contribution in [3.63, 3.8) is 0 Å². The number of benzene rings is 1. The van der Waals surface area contributed by atoms with Gasteiger partial charge in [0.15, 0.2) is 5.65 Å². The third kappa shape index (κ3) is 3.04. The molecule has 0 aliphatic carbocycles. The van der Waals surface area contributed by atoms with Gasteiger partial charge in [-0.1, -0.05) is 12.2 Å². The molecule has 0 spiro atoms. The number of nitrogens with zero attached hydrogens (tertiary/aromatic N) is 2. The van der Waals surface area contributed by atoms with Gasteiger partial charge < -0.3 is 15.7 Å². The van der Waals surface area contributed by atoms with Crippen LogP contribution in [0, 0.1) is 0 Å². The van der Waals surface area contributed by atoms with Gasteiger partial charge in [-0.2, -0.15) is 5.10 Å². The molecule has 3 heterocycles. The topological polar surface area (TPSA) is 103 Å². The van der Waals surface area contributed by atoms with E-state index in [9.17, 15) is 9.90 Å². The predicted molar refractivity (Wildman–Crippen MR) is 98.9 cm³/mol. The van der Waals surface area contributed by atoms with Crippen LogP contribution in [0.4, 0.5) is 0 Å². The zero-order valence-electron chi connectivity index (χ0n) is 14.1. The van der Waals surface area contributed by atoms with E-state index in [1.54, 1.807) is 36.5 Å². The van der Waals surface area contributed by atoms with Gasteiger partial charge in [0.2, 0.25) is 0 Å². The molecule has 2 aromatic heterocycles. The monoisotopic (exact) mass is 349 g/mol. The fourth-order valence-corrected chi connectivity index (χ4v) is 3.10. The second-order valence-corrected chi connectivity index (χ2v) is 6.37. The number of pyridine rings is 1. The standard InChI is InChI=1S/C19H19N5O2/c1-11-6-7-20-10-17(11)23-19(26)14-8-16(12-2-4-13(25)5-3-12)22-18-15(14)9-21-24-18/h2-5,8-9,17,20,25H,1,6-7,10H2,(H,23,26)(H,21,22,24). The molecule has 132 valence electrons. The summed E-state index contributed by atoms with van der Waals surface area (Å²) in [5.41, 5.74) is 3.50. The summed E-state index contributed by atoms with van der Waals surface area (Å²) in [4.78, 5) is 17.4. The van der Waals surface area contributed by atoms with Crippen LogP contribution in [0.25, 0.3) is 22.3 Å². The van der Waals surface area contributed by atoms with Crippen molar-refractivity contribution < 1.29 is 9.90 Å². The van der Waals surface area contributed by atoms with Gasteiger partial charge in [0.05, 0.1) is 28.9 Å². The first-order chi connectivity index (χ1) is 12.6. The van der Waals surface area contributed by atoms with Crippen LogP contribution in [0.15, 0.2) is 48.7 Å². The lowest BCUT2D eigenvalue weighted by Gasteiger charge is -2.26. The molecule has 1 amide bonds. The molecule has 4 rings (SSSR count). The Labute approximate surface area is 150 Å². The maximum Gasteiger partial charge on any atom is 0.252 e. The van der Waals surface area contributed by atoms with Gasteiger partial charge in [-0.05, 0) is 43.3 Å². The summed E-state index contributed by atoms with van der Waals surface area (Å²) in [7, 11) is 0. The highest BCUT2D eigenvalue weighted by atomic mass is 16.3. The normalized spacial score (nSPS) is 17.4. The Bertz CT molecular complexity index is 977. The Hall–Kier alpha value is -3.19. The van der Waals surface area contributed by atoms with Crippen molar-refractivity contribution >= 4 is 16.9 Å². The van der Waals surface area contributed by atoms with Gasteiger partial charge >= 0.3 is 0 Å². The number of H-pyrrole nitrogens is 1. The Morgan fingerprint density at radius 1 is 1.31 bits per heavy atom. The number of phenols is 1. The molecular weight excluding hydrogens is 330 g/mol. The van der Waals surface area contributed by atoms with Crippen molar-refractivity contribution in [2.75, 3.05) is 13.1 Å². The molecule has 1 aliphatic heterocycles. The van der Waals surface area contributed by atoms with Crippen LogP contribution in [0.1, 0.15) is 16.8 Å². The smallest absolute Gasteiger partial charge is 0.252 e. The van der Waals surface area contributed by atoms with Gasteiger partial charge in [0.1, 0.15) is 5.75 Å². The van der Waals surface area contributed by atoms with Crippen LogP contribution in [0.3, 0.4) is 0 Å². The van der Waals surface area contributed by atoms with Crippen LogP contribution < -0.4 is 10.6 Å². The van der Waals surface area contributed by atoms with E-state index in [0.717, 1.165) is 24.1 Å². The van der Waals surface area contributed by atoms with Gasteiger partial charge in [-0.15, -0.1) is 0 Å². The van der Waals surface area contributed by atoms with Crippen LogP contribution in [-0.4, -0.2) is 45.3 Å². The second-order valence-electron chi connectivity index (χ2n) is 6.37. The Morgan fingerprint density at radius 2 is 2.12 bits per heavy atom. The Kier molecular flexibility index (Phi) is 4.14. The van der Waals surface area contributed by atoms with E-state index in [1.165, 1.54) is 0 Å². The van der Waals surface area contributed by atoms with E-state index in [2.05, 4.69) is 32.4 Å². The summed E-state index contributed by atoms with van der Waals surface area (Å²) in [5, 5.41) is 23.3. The summed E-state index contributed by atoms with van der Waals surface area (Å²) >= 11 is 0. The molecule has 4 N–H and O–H groups in total. The number of piperidine rings is 1. The minimum absolute atomic E-state index is 0.0940. The van der Waals surface area contributed by atoms with Crippen molar-refractivity contribution in [2.45, 2.75) is 12.5 Å². The number of aromatic nitrogens is 3. The summed E-state index contributed by atoms with van der Waals surface area (Å²) in [6.07, 6.45) is 2.45. The highest BCUT2D eigenvalue weighted by molar-refractivity contribution is 6.06. The minimum Gasteiger partial charge on any atom is -0.508 e. The third-order valence-electron chi connectivity index (χ3n) is 4.60. The van der Waals surface area contributed by atoms with Crippen molar-refractivity contribution in [2.24, 2.45) is 0 Å². The van der Waals surface area contributed by atoms with E-state index < -0.39 is 0 Å². The quantitative estimate of drug-likeness (QED) is 0.542. The lowest BCUT2D eigenvalue weighted by molar-refractivity contribution is 0.0941. The van der Waals surface area contributed by atoms with E-state index in [1.807, 2.05) is 0 Å². The highest BCUT2D eigenvalue weighted by Crippen LogP contribution is 2.25. The Morgan fingerprint density at radius 3 is 2.88 bits per heavy atom. The second kappa shape index (κ2) is 6.61. The molecule has 1 atom stereocenters. The predicted octanol–water partition coefficient (Wildman–Crippen LogP) is 1.98. The number of aromatic hydroxyl groups is 1. The molecule has 3 aromatic rings. The van der Waals surface area contributed by atoms with Crippen LogP contribution >= 0.6 is 0 Å². The molecule has 1 aromatic carbocycles. The van der Waals surface area contributed by atoms with Gasteiger partial charge in [-0.3, -0.25) is 9.89 Å². The summed E-state index contributed by atoms with van der Waals surface area (Å²) < 4.78 is 0. The van der Waals surface area contributed by atoms with E-state index >= 15 is 0 Å².